The molecule has 1 aromatic heterocycles. The molecule has 1 amide bonds. The average molecular weight is 768 g/mol. The molecule has 2 unspecified atom stereocenters. The fourth-order valence-electron chi connectivity index (χ4n) is 8.71. The molecule has 7 aromatic rings. The highest BCUT2D eigenvalue weighted by Gasteiger charge is 2.50. The lowest BCUT2D eigenvalue weighted by Crippen LogP contribution is -2.54. The van der Waals surface area contributed by atoms with Crippen LogP contribution in [0.5, 0.6) is 0 Å². The number of aromatic nitrogens is 4. The molecule has 0 spiro atoms. The van der Waals surface area contributed by atoms with Gasteiger partial charge in [0.05, 0.1) is 0 Å². The van der Waals surface area contributed by atoms with Crippen molar-refractivity contribution < 1.29 is 14.7 Å². The number of aliphatic carboxylic acids is 1. The number of nitrogens with zero attached hydrogens (tertiary/aromatic N) is 4. The molecule has 0 bridgehead atoms. The molecule has 3 atom stereocenters. The van der Waals surface area contributed by atoms with Crippen molar-refractivity contribution in [1.29, 1.82) is 0 Å². The smallest absolute Gasteiger partial charge is 0.326 e. The number of carboxylic acid groups (broad SMARTS) is 1. The number of unbranched alkanes of at least 4 members (excludes halogenated alkanes) is 1. The third-order valence-corrected chi connectivity index (χ3v) is 11.5. The Kier molecular flexibility index (Phi) is 12.6. The third kappa shape index (κ3) is 8.37. The van der Waals surface area contributed by atoms with Crippen LogP contribution in [0, 0.1) is 11.8 Å². The minimum atomic E-state index is -1.15. The van der Waals surface area contributed by atoms with E-state index < -0.39 is 23.3 Å². The lowest BCUT2D eigenvalue weighted by Gasteiger charge is -2.48. The molecule has 0 saturated carbocycles. The first-order chi connectivity index (χ1) is 28.4. The molecule has 0 saturated heterocycles. The first kappa shape index (κ1) is 39.6. The zero-order valence-electron chi connectivity index (χ0n) is 33.0. The number of amides is 1. The number of aromatic amines is 1. The Morgan fingerprint density at radius 3 is 1.69 bits per heavy atom. The van der Waals surface area contributed by atoms with Crippen LogP contribution in [-0.2, 0) is 28.0 Å². The molecule has 0 aliphatic rings. The second-order valence-electron chi connectivity index (χ2n) is 14.9. The molecule has 292 valence electrons. The van der Waals surface area contributed by atoms with E-state index in [0.717, 1.165) is 50.9 Å². The zero-order valence-corrected chi connectivity index (χ0v) is 33.0. The predicted molar refractivity (Wildman–Crippen MR) is 229 cm³/mol. The van der Waals surface area contributed by atoms with Crippen molar-refractivity contribution in [2.24, 2.45) is 11.8 Å². The SMILES string of the molecule is CCCCC(=O)N(Cc1ccc(-c2ccccc2-c2nn[nH]n2)cc1)[C@H](C(=O)O)C(C)C(Cc1ccccc1)C(c1ccccc1)(c1ccccc1)c1ccccc1. The number of H-pyrrole nitrogens is 1. The Balaban J connectivity index is 1.36. The van der Waals surface area contributed by atoms with Crippen LogP contribution in [0.15, 0.2) is 170 Å². The number of carbonyl (C=O) groups is 2. The summed E-state index contributed by atoms with van der Waals surface area (Å²) in [5.41, 5.74) is 7.03. The van der Waals surface area contributed by atoms with Gasteiger partial charge >= 0.3 is 5.97 Å². The molecule has 0 fully saturated rings. The molecule has 1 heterocycles. The summed E-state index contributed by atoms with van der Waals surface area (Å²) in [6, 6.07) is 56.3. The summed E-state index contributed by atoms with van der Waals surface area (Å²) < 4.78 is 0. The van der Waals surface area contributed by atoms with Crippen molar-refractivity contribution in [3.05, 3.63) is 198 Å². The van der Waals surface area contributed by atoms with Crippen LogP contribution in [0.3, 0.4) is 0 Å². The quantitative estimate of drug-likeness (QED) is 0.0893. The molecular weight excluding hydrogens is 719 g/mol. The van der Waals surface area contributed by atoms with Gasteiger partial charge in [0.25, 0.3) is 0 Å². The highest BCUT2D eigenvalue weighted by atomic mass is 16.4. The maximum Gasteiger partial charge on any atom is 0.326 e. The molecule has 8 nitrogen and oxygen atoms in total. The van der Waals surface area contributed by atoms with Gasteiger partial charge in [-0.25, -0.2) is 4.79 Å². The summed E-state index contributed by atoms with van der Waals surface area (Å²) in [5, 5.41) is 26.1. The van der Waals surface area contributed by atoms with Gasteiger partial charge in [-0.15, -0.1) is 10.2 Å². The highest BCUT2D eigenvalue weighted by Crippen LogP contribution is 2.50. The second-order valence-corrected chi connectivity index (χ2v) is 14.9. The monoisotopic (exact) mass is 767 g/mol. The summed E-state index contributed by atoms with van der Waals surface area (Å²) in [6.45, 7) is 4.22. The molecule has 7 rings (SSSR count). The molecule has 58 heavy (non-hydrogen) atoms. The maximum absolute atomic E-state index is 14.5. The summed E-state index contributed by atoms with van der Waals surface area (Å²) in [6.07, 6.45) is 2.30. The van der Waals surface area contributed by atoms with E-state index in [1.165, 1.54) is 0 Å². The first-order valence-corrected chi connectivity index (χ1v) is 20.1. The maximum atomic E-state index is 14.5. The average Bonchev–Trinajstić information content (AvgIpc) is 3.82. The largest absolute Gasteiger partial charge is 0.480 e. The van der Waals surface area contributed by atoms with E-state index in [4.69, 9.17) is 0 Å². The lowest BCUT2D eigenvalue weighted by atomic mass is 9.56. The van der Waals surface area contributed by atoms with Crippen LogP contribution in [-0.4, -0.2) is 48.5 Å². The number of hydrogen-bond acceptors (Lipinski definition) is 5. The number of benzene rings is 6. The summed E-state index contributed by atoms with van der Waals surface area (Å²) in [4.78, 5) is 30.2. The Bertz CT molecular complexity index is 2260. The van der Waals surface area contributed by atoms with E-state index in [1.54, 1.807) is 4.90 Å². The van der Waals surface area contributed by atoms with Gasteiger partial charge in [0, 0.05) is 23.9 Å². The number of carboxylic acids is 1. The summed E-state index contributed by atoms with van der Waals surface area (Å²) in [5.74, 6) is -1.56. The summed E-state index contributed by atoms with van der Waals surface area (Å²) >= 11 is 0. The standard InChI is InChI=1S/C50H49N5O3/c1-3-4-29-46(56)55(35-38-30-32-39(33-31-38)43-27-17-18-28-44(43)48-51-53-54-52-48)47(49(57)58)36(2)45(34-37-19-9-5-10-20-37)50(40-21-11-6-12-22-40,41-23-13-7-14-24-41)42-25-15-8-16-26-42/h5-28,30-33,36,45,47H,3-4,29,34-35H2,1-2H3,(H,57,58)(H,51,52,53,54)/t36?,45?,47-/m0/s1. The predicted octanol–water partition coefficient (Wildman–Crippen LogP) is 10.0. The topological polar surface area (TPSA) is 112 Å². The fourth-order valence-corrected chi connectivity index (χ4v) is 8.71. The van der Waals surface area contributed by atoms with Crippen LogP contribution < -0.4 is 0 Å². The van der Waals surface area contributed by atoms with Crippen molar-refractivity contribution in [2.75, 3.05) is 0 Å². The van der Waals surface area contributed by atoms with E-state index in [0.29, 0.717) is 18.7 Å². The van der Waals surface area contributed by atoms with Crippen molar-refractivity contribution in [3.8, 4) is 22.5 Å². The van der Waals surface area contributed by atoms with Crippen LogP contribution in [0.4, 0.5) is 0 Å². The van der Waals surface area contributed by atoms with E-state index in [9.17, 15) is 14.7 Å². The van der Waals surface area contributed by atoms with Crippen LogP contribution in [0.25, 0.3) is 22.5 Å². The highest BCUT2D eigenvalue weighted by molar-refractivity contribution is 5.84. The molecule has 0 aliphatic heterocycles. The lowest BCUT2D eigenvalue weighted by molar-refractivity contribution is -0.154. The van der Waals surface area contributed by atoms with Crippen molar-refractivity contribution >= 4 is 11.9 Å². The summed E-state index contributed by atoms with van der Waals surface area (Å²) in [7, 11) is 0. The van der Waals surface area contributed by atoms with E-state index in [-0.39, 0.29) is 24.8 Å². The fraction of sp³-hybridized carbons (Fsp3) is 0.220. The van der Waals surface area contributed by atoms with Gasteiger partial charge in [0.1, 0.15) is 6.04 Å². The molecule has 0 radical (unpaired) electrons. The second kappa shape index (κ2) is 18.5. The van der Waals surface area contributed by atoms with E-state index >= 15 is 0 Å². The Morgan fingerprint density at radius 1 is 0.672 bits per heavy atom. The van der Waals surface area contributed by atoms with Gasteiger partial charge < -0.3 is 10.0 Å². The number of tetrazole rings is 1. The molecule has 0 aliphatic carbocycles. The van der Waals surface area contributed by atoms with Crippen molar-refractivity contribution in [3.63, 3.8) is 0 Å². The Labute approximate surface area is 340 Å². The normalized spacial score (nSPS) is 13.0. The van der Waals surface area contributed by atoms with Crippen LogP contribution in [0.1, 0.15) is 60.9 Å². The van der Waals surface area contributed by atoms with Crippen LogP contribution >= 0.6 is 0 Å². The number of carbonyl (C=O) groups excluding carboxylic acids is 1. The van der Waals surface area contributed by atoms with Gasteiger partial charge in [-0.1, -0.05) is 190 Å². The van der Waals surface area contributed by atoms with Gasteiger partial charge in [-0.2, -0.15) is 5.21 Å². The van der Waals surface area contributed by atoms with Gasteiger partial charge in [0.15, 0.2) is 0 Å². The van der Waals surface area contributed by atoms with E-state index in [1.807, 2.05) is 98.8 Å². The van der Waals surface area contributed by atoms with E-state index in [2.05, 4.69) is 106 Å². The molecule has 6 aromatic carbocycles. The number of rotatable bonds is 17. The third-order valence-electron chi connectivity index (χ3n) is 11.5. The minimum absolute atomic E-state index is 0.143. The number of hydrogen-bond donors (Lipinski definition) is 2. The van der Waals surface area contributed by atoms with Crippen LogP contribution in [0.2, 0.25) is 0 Å². The van der Waals surface area contributed by atoms with Crippen molar-refractivity contribution in [2.45, 2.75) is 57.5 Å². The van der Waals surface area contributed by atoms with Crippen molar-refractivity contribution in [1.82, 2.24) is 25.5 Å². The van der Waals surface area contributed by atoms with Gasteiger partial charge in [-0.05, 0) is 68.8 Å². The number of nitrogens with one attached hydrogen (secondary N) is 1. The molecular formula is C50H49N5O3. The molecule has 2 N–H and O–H groups in total. The zero-order chi connectivity index (χ0) is 40.3. The first-order valence-electron chi connectivity index (χ1n) is 20.1. The minimum Gasteiger partial charge on any atom is -0.480 e. The van der Waals surface area contributed by atoms with Gasteiger partial charge in [0.2, 0.25) is 11.7 Å². The van der Waals surface area contributed by atoms with Gasteiger partial charge in [-0.3, -0.25) is 4.79 Å². The Hall–Kier alpha value is -6.67. The molecule has 8 heteroatoms. The Morgan fingerprint density at radius 2 is 1.19 bits per heavy atom.